The largest absolute Gasteiger partial charge is 0.391 e. The molecule has 1 aromatic carbocycles. The maximum atomic E-state index is 12.8. The number of carbonyl (C=O) groups excluding carboxylic acids is 1. The Morgan fingerprint density at radius 1 is 1.21 bits per heavy atom. The summed E-state index contributed by atoms with van der Waals surface area (Å²) in [6.07, 6.45) is 0.466. The summed E-state index contributed by atoms with van der Waals surface area (Å²) < 4.78 is 40.4. The predicted molar refractivity (Wildman–Crippen MR) is 87.8 cm³/mol. The van der Waals surface area contributed by atoms with Gasteiger partial charge in [-0.15, -0.1) is 0 Å². The number of alkyl halides is 3. The van der Waals surface area contributed by atoms with Crippen LogP contribution in [0.3, 0.4) is 0 Å². The summed E-state index contributed by atoms with van der Waals surface area (Å²) in [5.41, 5.74) is 1.65. The summed E-state index contributed by atoms with van der Waals surface area (Å²) in [6, 6.07) is 7.56. The van der Waals surface area contributed by atoms with Crippen LogP contribution in [-0.2, 0) is 4.79 Å². The van der Waals surface area contributed by atoms with Crippen molar-refractivity contribution in [1.29, 1.82) is 0 Å². The maximum Gasteiger partial charge on any atom is 0.391 e. The average molecular weight is 336 g/mol. The summed E-state index contributed by atoms with van der Waals surface area (Å²) in [4.78, 5) is 11.4. The second kappa shape index (κ2) is 6.34. The van der Waals surface area contributed by atoms with E-state index in [4.69, 9.17) is 0 Å². The van der Waals surface area contributed by atoms with Gasteiger partial charge in [0, 0.05) is 28.8 Å². The quantitative estimate of drug-likeness (QED) is 0.781. The molecule has 0 saturated heterocycles. The Kier molecular flexibility index (Phi) is 4.39. The number of aromatic nitrogens is 1. The van der Waals surface area contributed by atoms with E-state index in [-0.39, 0.29) is 24.8 Å². The lowest BCUT2D eigenvalue weighted by Crippen LogP contribution is -2.28. The van der Waals surface area contributed by atoms with Gasteiger partial charge in [-0.05, 0) is 56.0 Å². The van der Waals surface area contributed by atoms with Crippen molar-refractivity contribution < 1.29 is 18.0 Å². The predicted octanol–water partition coefficient (Wildman–Crippen LogP) is 5.06. The molecule has 24 heavy (non-hydrogen) atoms. The van der Waals surface area contributed by atoms with Gasteiger partial charge in [-0.3, -0.25) is 4.79 Å². The standard InChI is InChI=1S/C18H19F3N2O/c1-2-17(24)22-14-5-8-16-12(11-14)9-10-23(16)15-6-3-13(4-7-15)18(19,20)21/h2,5,8-11,13,15H,1,3-4,6-7H2,(H,22,24)/t13-,15+. The van der Waals surface area contributed by atoms with Gasteiger partial charge in [-0.1, -0.05) is 6.58 Å². The first kappa shape index (κ1) is 16.6. The molecule has 1 aliphatic carbocycles. The lowest BCUT2D eigenvalue weighted by atomic mass is 9.85. The van der Waals surface area contributed by atoms with Gasteiger partial charge in [-0.2, -0.15) is 13.2 Å². The lowest BCUT2D eigenvalue weighted by Gasteiger charge is -2.31. The topological polar surface area (TPSA) is 34.0 Å². The average Bonchev–Trinajstić information content (AvgIpc) is 2.97. The van der Waals surface area contributed by atoms with Crippen molar-refractivity contribution in [2.75, 3.05) is 5.32 Å². The normalized spacial score (nSPS) is 21.6. The molecule has 128 valence electrons. The third-order valence-electron chi connectivity index (χ3n) is 4.73. The number of nitrogens with zero attached hydrogens (tertiary/aromatic N) is 1. The number of anilines is 1. The monoisotopic (exact) mass is 336 g/mol. The number of fused-ring (bicyclic) bond motifs is 1. The van der Waals surface area contributed by atoms with Crippen molar-refractivity contribution in [3.05, 3.63) is 43.1 Å². The lowest BCUT2D eigenvalue weighted by molar-refractivity contribution is -0.183. The van der Waals surface area contributed by atoms with E-state index in [2.05, 4.69) is 16.5 Å². The molecule has 1 aliphatic rings. The highest BCUT2D eigenvalue weighted by molar-refractivity contribution is 6.00. The van der Waals surface area contributed by atoms with Crippen molar-refractivity contribution in [3.63, 3.8) is 0 Å². The van der Waals surface area contributed by atoms with E-state index in [1.54, 1.807) is 6.07 Å². The fourth-order valence-electron chi connectivity index (χ4n) is 3.43. The number of nitrogens with one attached hydrogen (secondary N) is 1. The van der Waals surface area contributed by atoms with E-state index < -0.39 is 12.1 Å². The van der Waals surface area contributed by atoms with Crippen LogP contribution in [0.1, 0.15) is 31.7 Å². The van der Waals surface area contributed by atoms with Crippen molar-refractivity contribution >= 4 is 22.5 Å². The molecule has 0 radical (unpaired) electrons. The summed E-state index contributed by atoms with van der Waals surface area (Å²) in [5, 5.41) is 3.66. The fourth-order valence-corrected chi connectivity index (χ4v) is 3.43. The molecule has 0 atom stereocenters. The van der Waals surface area contributed by atoms with Crippen LogP contribution in [0.4, 0.5) is 18.9 Å². The Labute approximate surface area is 138 Å². The molecule has 1 N–H and O–H groups in total. The first-order valence-electron chi connectivity index (χ1n) is 7.99. The Balaban J connectivity index is 1.77. The van der Waals surface area contributed by atoms with Crippen LogP contribution in [0.25, 0.3) is 10.9 Å². The smallest absolute Gasteiger partial charge is 0.344 e. The van der Waals surface area contributed by atoms with E-state index in [1.165, 1.54) is 6.08 Å². The highest BCUT2D eigenvalue weighted by atomic mass is 19.4. The molecule has 1 saturated carbocycles. The van der Waals surface area contributed by atoms with Crippen LogP contribution in [0, 0.1) is 5.92 Å². The van der Waals surface area contributed by atoms with E-state index in [1.807, 2.05) is 24.4 Å². The van der Waals surface area contributed by atoms with Gasteiger partial charge >= 0.3 is 6.18 Å². The molecule has 1 fully saturated rings. The molecular formula is C18H19F3N2O. The second-order valence-corrected chi connectivity index (χ2v) is 6.24. The highest BCUT2D eigenvalue weighted by Crippen LogP contribution is 2.42. The SMILES string of the molecule is C=CC(=O)Nc1ccc2c(ccn2[C@H]2CC[C@@H](C(F)(F)F)CC2)c1. The molecule has 1 amide bonds. The minimum atomic E-state index is -4.08. The second-order valence-electron chi connectivity index (χ2n) is 6.24. The van der Waals surface area contributed by atoms with Crippen molar-refractivity contribution in [2.24, 2.45) is 5.92 Å². The summed E-state index contributed by atoms with van der Waals surface area (Å²) >= 11 is 0. The molecule has 2 aromatic rings. The minimum absolute atomic E-state index is 0.0923. The summed E-state index contributed by atoms with van der Waals surface area (Å²) in [7, 11) is 0. The van der Waals surface area contributed by atoms with Crippen LogP contribution < -0.4 is 5.32 Å². The number of hydrogen-bond donors (Lipinski definition) is 1. The molecule has 0 bridgehead atoms. The van der Waals surface area contributed by atoms with Gasteiger partial charge in [-0.25, -0.2) is 0 Å². The number of carbonyl (C=O) groups is 1. The first-order valence-corrected chi connectivity index (χ1v) is 7.99. The van der Waals surface area contributed by atoms with Crippen LogP contribution in [0.15, 0.2) is 43.1 Å². The van der Waals surface area contributed by atoms with Crippen molar-refractivity contribution in [2.45, 2.75) is 37.9 Å². The number of rotatable bonds is 3. The number of amides is 1. The Hall–Kier alpha value is -2.24. The number of hydrogen-bond acceptors (Lipinski definition) is 1. The molecule has 1 heterocycles. The Morgan fingerprint density at radius 3 is 2.54 bits per heavy atom. The zero-order valence-corrected chi connectivity index (χ0v) is 13.1. The van der Waals surface area contributed by atoms with Gasteiger partial charge in [0.25, 0.3) is 0 Å². The molecule has 0 unspecified atom stereocenters. The van der Waals surface area contributed by atoms with Gasteiger partial charge in [0.15, 0.2) is 0 Å². The van der Waals surface area contributed by atoms with E-state index in [0.29, 0.717) is 18.5 Å². The third-order valence-corrected chi connectivity index (χ3v) is 4.73. The van der Waals surface area contributed by atoms with Crippen LogP contribution in [0.5, 0.6) is 0 Å². The van der Waals surface area contributed by atoms with E-state index in [0.717, 1.165) is 10.9 Å². The van der Waals surface area contributed by atoms with Gasteiger partial charge in [0.2, 0.25) is 5.91 Å². The van der Waals surface area contributed by atoms with E-state index >= 15 is 0 Å². The van der Waals surface area contributed by atoms with Gasteiger partial charge in [0.05, 0.1) is 5.92 Å². The van der Waals surface area contributed by atoms with E-state index in [9.17, 15) is 18.0 Å². The van der Waals surface area contributed by atoms with Gasteiger partial charge in [0.1, 0.15) is 0 Å². The first-order chi connectivity index (χ1) is 11.4. The van der Waals surface area contributed by atoms with Crippen molar-refractivity contribution in [3.8, 4) is 0 Å². The maximum absolute atomic E-state index is 12.8. The van der Waals surface area contributed by atoms with Crippen LogP contribution >= 0.6 is 0 Å². The van der Waals surface area contributed by atoms with Crippen LogP contribution in [-0.4, -0.2) is 16.7 Å². The molecule has 3 rings (SSSR count). The third kappa shape index (κ3) is 3.32. The molecule has 6 heteroatoms. The summed E-state index contributed by atoms with van der Waals surface area (Å²) in [6.45, 7) is 3.41. The zero-order chi connectivity index (χ0) is 17.3. The molecular weight excluding hydrogens is 317 g/mol. The van der Waals surface area contributed by atoms with Crippen molar-refractivity contribution in [1.82, 2.24) is 4.57 Å². The Morgan fingerprint density at radius 2 is 1.92 bits per heavy atom. The molecule has 0 aliphatic heterocycles. The molecule has 3 nitrogen and oxygen atoms in total. The van der Waals surface area contributed by atoms with Crippen LogP contribution in [0.2, 0.25) is 0 Å². The minimum Gasteiger partial charge on any atom is -0.344 e. The number of benzene rings is 1. The van der Waals surface area contributed by atoms with Gasteiger partial charge < -0.3 is 9.88 Å². The summed E-state index contributed by atoms with van der Waals surface area (Å²) in [5.74, 6) is -1.45. The fraction of sp³-hybridized carbons (Fsp3) is 0.389. The Bertz CT molecular complexity index is 755. The molecule has 1 aromatic heterocycles. The molecule has 0 spiro atoms. The highest BCUT2D eigenvalue weighted by Gasteiger charge is 2.41. The number of halogens is 3. The zero-order valence-electron chi connectivity index (χ0n) is 13.1.